The van der Waals surface area contributed by atoms with Crippen LogP contribution in [-0.2, 0) is 10.2 Å². The molecule has 3 aromatic rings. The molecular formula is C23H19FN2O. The highest BCUT2D eigenvalue weighted by molar-refractivity contribution is 5.87. The van der Waals surface area contributed by atoms with Crippen LogP contribution in [0.5, 0.6) is 0 Å². The van der Waals surface area contributed by atoms with E-state index in [1.807, 2.05) is 36.4 Å². The number of carbonyl (C=O) groups excluding carboxylic acids is 1. The van der Waals surface area contributed by atoms with E-state index in [0.29, 0.717) is 5.56 Å². The number of hydrogen-bond donors (Lipinski definition) is 1. The van der Waals surface area contributed by atoms with Crippen molar-refractivity contribution in [3.8, 4) is 0 Å². The number of halogens is 1. The lowest BCUT2D eigenvalue weighted by Crippen LogP contribution is -2.25. The monoisotopic (exact) mass is 358 g/mol. The van der Waals surface area contributed by atoms with Crippen LogP contribution in [0.1, 0.15) is 23.1 Å². The molecule has 1 atom stereocenters. The van der Waals surface area contributed by atoms with Crippen molar-refractivity contribution < 1.29 is 9.18 Å². The van der Waals surface area contributed by atoms with Crippen LogP contribution in [-0.4, -0.2) is 12.1 Å². The van der Waals surface area contributed by atoms with Crippen LogP contribution in [0, 0.1) is 11.7 Å². The molecule has 1 N–H and O–H groups in total. The van der Waals surface area contributed by atoms with E-state index in [0.717, 1.165) is 17.5 Å². The van der Waals surface area contributed by atoms with Crippen LogP contribution < -0.4 is 5.43 Å². The summed E-state index contributed by atoms with van der Waals surface area (Å²) in [7, 11) is 0. The molecule has 3 nitrogen and oxygen atoms in total. The van der Waals surface area contributed by atoms with Crippen LogP contribution in [0.3, 0.4) is 0 Å². The van der Waals surface area contributed by atoms with E-state index in [1.165, 1.54) is 12.3 Å². The van der Waals surface area contributed by atoms with E-state index in [2.05, 4.69) is 34.8 Å². The summed E-state index contributed by atoms with van der Waals surface area (Å²) in [5, 5.41) is 3.95. The summed E-state index contributed by atoms with van der Waals surface area (Å²) in [5.74, 6) is -0.736. The number of nitrogens with zero attached hydrogens (tertiary/aromatic N) is 1. The Morgan fingerprint density at radius 3 is 2.07 bits per heavy atom. The number of benzene rings is 3. The third-order valence-electron chi connectivity index (χ3n) is 5.14. The van der Waals surface area contributed by atoms with Crippen LogP contribution in [0.4, 0.5) is 4.39 Å². The summed E-state index contributed by atoms with van der Waals surface area (Å²) in [6.07, 6.45) is 2.06. The Kier molecular flexibility index (Phi) is 4.55. The Hall–Kier alpha value is -3.27. The smallest absolute Gasteiger partial charge is 0.244 e. The van der Waals surface area contributed by atoms with Crippen LogP contribution >= 0.6 is 0 Å². The normalized spacial score (nSPS) is 17.6. The van der Waals surface area contributed by atoms with Gasteiger partial charge in [-0.3, -0.25) is 4.79 Å². The van der Waals surface area contributed by atoms with E-state index in [-0.39, 0.29) is 23.1 Å². The van der Waals surface area contributed by atoms with E-state index >= 15 is 0 Å². The highest BCUT2D eigenvalue weighted by Gasteiger charge is 2.60. The zero-order valence-corrected chi connectivity index (χ0v) is 14.7. The van der Waals surface area contributed by atoms with Gasteiger partial charge in [-0.1, -0.05) is 78.9 Å². The van der Waals surface area contributed by atoms with Crippen molar-refractivity contribution in [3.63, 3.8) is 0 Å². The van der Waals surface area contributed by atoms with E-state index < -0.39 is 0 Å². The van der Waals surface area contributed by atoms with Gasteiger partial charge in [0.2, 0.25) is 5.91 Å². The Morgan fingerprint density at radius 2 is 1.48 bits per heavy atom. The fourth-order valence-corrected chi connectivity index (χ4v) is 3.68. The minimum atomic E-state index is -0.371. The van der Waals surface area contributed by atoms with Gasteiger partial charge in [-0.2, -0.15) is 5.10 Å². The number of hydrazone groups is 1. The van der Waals surface area contributed by atoms with Gasteiger partial charge < -0.3 is 0 Å². The van der Waals surface area contributed by atoms with Crippen molar-refractivity contribution in [2.24, 2.45) is 11.0 Å². The number of amides is 1. The van der Waals surface area contributed by atoms with Gasteiger partial charge in [0.25, 0.3) is 0 Å². The Bertz CT molecular complexity index is 930. The lowest BCUT2D eigenvalue weighted by atomic mass is 9.85. The van der Waals surface area contributed by atoms with Crippen molar-refractivity contribution in [2.75, 3.05) is 0 Å². The third kappa shape index (κ3) is 3.26. The minimum absolute atomic E-state index is 0.157. The molecule has 1 amide bonds. The second-order valence-corrected chi connectivity index (χ2v) is 6.72. The second-order valence-electron chi connectivity index (χ2n) is 6.72. The molecule has 27 heavy (non-hydrogen) atoms. The molecule has 0 aliphatic heterocycles. The number of carbonyl (C=O) groups is 1. The van der Waals surface area contributed by atoms with Crippen molar-refractivity contribution >= 4 is 12.1 Å². The molecule has 0 saturated heterocycles. The SMILES string of the molecule is O=C(NN=Cc1ccccc1F)C1CC1(c1ccccc1)c1ccccc1. The molecule has 4 rings (SSSR count). The first-order chi connectivity index (χ1) is 13.2. The molecule has 1 saturated carbocycles. The molecule has 4 heteroatoms. The summed E-state index contributed by atoms with van der Waals surface area (Å²) in [6, 6.07) is 26.4. The van der Waals surface area contributed by atoms with Crippen molar-refractivity contribution in [2.45, 2.75) is 11.8 Å². The summed E-state index contributed by atoms with van der Waals surface area (Å²) >= 11 is 0. The molecule has 1 unspecified atom stereocenters. The molecule has 1 aliphatic rings. The fourth-order valence-electron chi connectivity index (χ4n) is 3.68. The molecule has 0 radical (unpaired) electrons. The lowest BCUT2D eigenvalue weighted by Gasteiger charge is -2.18. The molecule has 0 bridgehead atoms. The molecular weight excluding hydrogens is 339 g/mol. The number of hydrogen-bond acceptors (Lipinski definition) is 2. The van der Waals surface area contributed by atoms with Gasteiger partial charge in [-0.15, -0.1) is 0 Å². The molecule has 1 aliphatic carbocycles. The van der Waals surface area contributed by atoms with Gasteiger partial charge in [-0.25, -0.2) is 9.82 Å². The van der Waals surface area contributed by atoms with E-state index in [1.54, 1.807) is 18.2 Å². The summed E-state index contributed by atoms with van der Waals surface area (Å²) in [6.45, 7) is 0. The average Bonchev–Trinajstić information content (AvgIpc) is 3.48. The fraction of sp³-hybridized carbons (Fsp3) is 0.130. The van der Waals surface area contributed by atoms with Gasteiger partial charge >= 0.3 is 0 Å². The van der Waals surface area contributed by atoms with Crippen molar-refractivity contribution in [1.82, 2.24) is 5.43 Å². The Labute approximate surface area is 157 Å². The van der Waals surface area contributed by atoms with Gasteiger partial charge in [-0.05, 0) is 23.6 Å². The Morgan fingerprint density at radius 1 is 0.926 bits per heavy atom. The standard InChI is InChI=1S/C23H19FN2O/c24-21-14-8-7-9-17(21)16-25-26-22(27)20-15-23(20,18-10-3-1-4-11-18)19-12-5-2-6-13-19/h1-14,16,20H,15H2,(H,26,27). The quantitative estimate of drug-likeness (QED) is 0.537. The highest BCUT2D eigenvalue weighted by atomic mass is 19.1. The zero-order valence-electron chi connectivity index (χ0n) is 14.7. The van der Waals surface area contributed by atoms with Crippen molar-refractivity contribution in [3.05, 3.63) is 107 Å². The van der Waals surface area contributed by atoms with Gasteiger partial charge in [0.05, 0.1) is 12.1 Å². The molecule has 1 fully saturated rings. The van der Waals surface area contributed by atoms with E-state index in [9.17, 15) is 9.18 Å². The first-order valence-electron chi connectivity index (χ1n) is 8.90. The number of nitrogens with one attached hydrogen (secondary N) is 1. The summed E-state index contributed by atoms with van der Waals surface area (Å²) in [4.78, 5) is 12.7. The largest absolute Gasteiger partial charge is 0.273 e. The van der Waals surface area contributed by atoms with E-state index in [4.69, 9.17) is 0 Å². The highest BCUT2D eigenvalue weighted by Crippen LogP contribution is 2.58. The average molecular weight is 358 g/mol. The topological polar surface area (TPSA) is 41.5 Å². The second kappa shape index (κ2) is 7.16. The molecule has 3 aromatic carbocycles. The summed E-state index contributed by atoms with van der Waals surface area (Å²) < 4.78 is 13.6. The maximum absolute atomic E-state index is 13.6. The van der Waals surface area contributed by atoms with Crippen LogP contribution in [0.25, 0.3) is 0 Å². The zero-order chi connectivity index (χ0) is 18.7. The first kappa shape index (κ1) is 17.2. The van der Waals surface area contributed by atoms with Crippen LogP contribution in [0.2, 0.25) is 0 Å². The minimum Gasteiger partial charge on any atom is -0.273 e. The molecule has 134 valence electrons. The Balaban J connectivity index is 1.55. The molecule has 0 spiro atoms. The maximum atomic E-state index is 13.6. The van der Waals surface area contributed by atoms with Gasteiger partial charge in [0.15, 0.2) is 0 Å². The van der Waals surface area contributed by atoms with Crippen LogP contribution in [0.15, 0.2) is 90.0 Å². The molecule has 0 heterocycles. The molecule has 0 aromatic heterocycles. The van der Waals surface area contributed by atoms with Gasteiger partial charge in [0.1, 0.15) is 5.82 Å². The first-order valence-corrected chi connectivity index (χ1v) is 8.90. The predicted octanol–water partition coefficient (Wildman–Crippen LogP) is 4.28. The van der Waals surface area contributed by atoms with Crippen molar-refractivity contribution in [1.29, 1.82) is 0 Å². The van der Waals surface area contributed by atoms with Gasteiger partial charge in [0, 0.05) is 11.0 Å². The maximum Gasteiger partial charge on any atom is 0.244 e. The predicted molar refractivity (Wildman–Crippen MR) is 104 cm³/mol. The lowest BCUT2D eigenvalue weighted by molar-refractivity contribution is -0.122. The number of rotatable bonds is 5. The summed E-state index contributed by atoms with van der Waals surface area (Å²) in [5.41, 5.74) is 4.82. The third-order valence-corrected chi connectivity index (χ3v) is 5.14.